The smallest absolute Gasteiger partial charge is 0.360 e. The third-order valence-electron chi connectivity index (χ3n) is 8.53. The second-order valence-electron chi connectivity index (χ2n) is 11.5. The summed E-state index contributed by atoms with van der Waals surface area (Å²) in [5.41, 5.74) is 5.47. The molecule has 1 N–H and O–H groups in total. The molecule has 0 saturated carbocycles. The molecule has 1 fully saturated rings. The third-order valence-corrected chi connectivity index (χ3v) is 8.53. The lowest BCUT2D eigenvalue weighted by molar-refractivity contribution is -0.0884. The summed E-state index contributed by atoms with van der Waals surface area (Å²) >= 11 is 0. The van der Waals surface area contributed by atoms with Crippen LogP contribution in [0.15, 0.2) is 67.0 Å². The molecule has 1 aliphatic heterocycles. The molecule has 1 saturated heterocycles. The van der Waals surface area contributed by atoms with Crippen molar-refractivity contribution in [1.82, 2.24) is 24.3 Å². The SMILES string of the molecule is CN(C)C(=O)c1ccc(C2CCN(Cc3cc4c(-c5ccc6[nH]cc(C(=O)C(F)(F)F)c6c5)ccnc4n3C)CC2)cc1. The minimum atomic E-state index is -4.95. The lowest BCUT2D eigenvalue weighted by Crippen LogP contribution is -2.33. The first-order valence-corrected chi connectivity index (χ1v) is 14.2. The van der Waals surface area contributed by atoms with Crippen molar-refractivity contribution in [2.75, 3.05) is 27.2 Å². The standard InChI is InChI=1S/C33H32F3N5O2/c1-39(2)32(43)22-6-4-20(5-7-22)21-11-14-41(15-12-21)19-24-17-27-25(10-13-37-31(27)40(24)3)23-8-9-29-26(16-23)28(18-38-29)30(42)33(34,35)36/h4-10,13,16-18,21,38H,11-12,14-15,19H2,1-3H3. The number of carbonyl (C=O) groups excluding carboxylic acids is 2. The van der Waals surface area contributed by atoms with Crippen molar-refractivity contribution >= 4 is 33.6 Å². The number of aryl methyl sites for hydroxylation is 1. The number of Topliss-reactive ketones (excluding diaryl/α,β-unsaturated/α-hetero) is 1. The van der Waals surface area contributed by atoms with Crippen molar-refractivity contribution in [3.8, 4) is 11.1 Å². The average molecular weight is 588 g/mol. The minimum Gasteiger partial charge on any atom is -0.360 e. The number of hydrogen-bond acceptors (Lipinski definition) is 4. The molecule has 0 atom stereocenters. The van der Waals surface area contributed by atoms with Crippen molar-refractivity contribution < 1.29 is 22.8 Å². The van der Waals surface area contributed by atoms with Gasteiger partial charge in [-0.2, -0.15) is 13.2 Å². The molecule has 5 aromatic rings. The van der Waals surface area contributed by atoms with E-state index in [1.165, 1.54) is 5.56 Å². The number of benzene rings is 2. The largest absolute Gasteiger partial charge is 0.454 e. The topological polar surface area (TPSA) is 74.2 Å². The molecule has 6 rings (SSSR count). The zero-order valence-electron chi connectivity index (χ0n) is 24.2. The van der Waals surface area contributed by atoms with Crippen LogP contribution in [0.2, 0.25) is 0 Å². The molecule has 0 radical (unpaired) electrons. The lowest BCUT2D eigenvalue weighted by Gasteiger charge is -2.32. The second kappa shape index (κ2) is 11.0. The van der Waals surface area contributed by atoms with Crippen molar-refractivity contribution in [2.24, 2.45) is 7.05 Å². The molecular weight excluding hydrogens is 555 g/mol. The highest BCUT2D eigenvalue weighted by Gasteiger charge is 2.40. The van der Waals surface area contributed by atoms with Crippen LogP contribution in [-0.2, 0) is 13.6 Å². The van der Waals surface area contributed by atoms with Gasteiger partial charge in [-0.1, -0.05) is 18.2 Å². The van der Waals surface area contributed by atoms with E-state index in [1.807, 2.05) is 31.3 Å². The molecule has 3 aromatic heterocycles. The summed E-state index contributed by atoms with van der Waals surface area (Å²) in [5, 5.41) is 1.14. The van der Waals surface area contributed by atoms with E-state index in [1.54, 1.807) is 37.3 Å². The number of piperidine rings is 1. The molecule has 1 amide bonds. The number of ketones is 1. The van der Waals surface area contributed by atoms with Crippen LogP contribution in [-0.4, -0.2) is 69.4 Å². The van der Waals surface area contributed by atoms with Gasteiger partial charge < -0.3 is 14.5 Å². The van der Waals surface area contributed by atoms with Gasteiger partial charge in [-0.05, 0) is 84.9 Å². The van der Waals surface area contributed by atoms with Gasteiger partial charge in [0.2, 0.25) is 0 Å². The number of H-pyrrole nitrogens is 1. The van der Waals surface area contributed by atoms with E-state index in [9.17, 15) is 22.8 Å². The highest BCUT2D eigenvalue weighted by molar-refractivity contribution is 6.11. The molecule has 2 aromatic carbocycles. The summed E-state index contributed by atoms with van der Waals surface area (Å²) in [7, 11) is 5.48. The fourth-order valence-corrected chi connectivity index (χ4v) is 6.11. The van der Waals surface area contributed by atoms with Gasteiger partial charge in [0.1, 0.15) is 5.65 Å². The Morgan fingerprint density at radius 3 is 2.40 bits per heavy atom. The predicted octanol–water partition coefficient (Wildman–Crippen LogP) is 6.55. The summed E-state index contributed by atoms with van der Waals surface area (Å²) in [6.07, 6.45) is -0.0895. The molecule has 7 nitrogen and oxygen atoms in total. The number of fused-ring (bicyclic) bond motifs is 2. The van der Waals surface area contributed by atoms with Crippen LogP contribution in [0.1, 0.15) is 50.7 Å². The highest BCUT2D eigenvalue weighted by atomic mass is 19.4. The first-order chi connectivity index (χ1) is 20.5. The molecule has 43 heavy (non-hydrogen) atoms. The number of aromatic nitrogens is 3. The molecule has 0 spiro atoms. The number of rotatable bonds is 6. The van der Waals surface area contributed by atoms with Gasteiger partial charge in [0, 0.05) is 67.6 Å². The fourth-order valence-electron chi connectivity index (χ4n) is 6.11. The zero-order valence-corrected chi connectivity index (χ0v) is 24.2. The number of amides is 1. The van der Waals surface area contributed by atoms with E-state index in [2.05, 4.69) is 37.6 Å². The van der Waals surface area contributed by atoms with Gasteiger partial charge in [0.15, 0.2) is 0 Å². The highest BCUT2D eigenvalue weighted by Crippen LogP contribution is 2.35. The lowest BCUT2D eigenvalue weighted by atomic mass is 9.89. The van der Waals surface area contributed by atoms with E-state index in [0.29, 0.717) is 22.6 Å². The van der Waals surface area contributed by atoms with Crippen molar-refractivity contribution in [3.05, 3.63) is 89.4 Å². The van der Waals surface area contributed by atoms with Gasteiger partial charge in [-0.25, -0.2) is 4.98 Å². The van der Waals surface area contributed by atoms with Crippen molar-refractivity contribution in [3.63, 3.8) is 0 Å². The summed E-state index contributed by atoms with van der Waals surface area (Å²) in [5.74, 6) is -1.42. The van der Waals surface area contributed by atoms with E-state index in [0.717, 1.165) is 61.0 Å². The number of likely N-dealkylation sites (tertiary alicyclic amines) is 1. The summed E-state index contributed by atoms with van der Waals surface area (Å²) < 4.78 is 41.6. The Morgan fingerprint density at radius 1 is 1.00 bits per heavy atom. The Morgan fingerprint density at radius 2 is 1.72 bits per heavy atom. The van der Waals surface area contributed by atoms with Crippen LogP contribution >= 0.6 is 0 Å². The molecule has 10 heteroatoms. The van der Waals surface area contributed by atoms with Crippen LogP contribution < -0.4 is 0 Å². The number of aromatic amines is 1. The number of nitrogens with zero attached hydrogens (tertiary/aromatic N) is 4. The maximum atomic E-state index is 13.2. The van der Waals surface area contributed by atoms with Gasteiger partial charge in [-0.3, -0.25) is 14.5 Å². The summed E-state index contributed by atoms with van der Waals surface area (Å²) in [6, 6.07) is 17.1. The van der Waals surface area contributed by atoms with E-state index >= 15 is 0 Å². The van der Waals surface area contributed by atoms with Gasteiger partial charge >= 0.3 is 6.18 Å². The second-order valence-corrected chi connectivity index (χ2v) is 11.5. The van der Waals surface area contributed by atoms with Crippen LogP contribution in [0.5, 0.6) is 0 Å². The number of hydrogen-bond donors (Lipinski definition) is 1. The third kappa shape index (κ3) is 5.43. The van der Waals surface area contributed by atoms with Gasteiger partial charge in [0.05, 0.1) is 5.56 Å². The molecular formula is C33H32F3N5O2. The number of carbonyl (C=O) groups is 2. The first kappa shape index (κ1) is 28.7. The van der Waals surface area contributed by atoms with Crippen molar-refractivity contribution in [1.29, 1.82) is 0 Å². The van der Waals surface area contributed by atoms with E-state index in [-0.39, 0.29) is 16.9 Å². The van der Waals surface area contributed by atoms with Gasteiger partial charge in [-0.15, -0.1) is 0 Å². The van der Waals surface area contributed by atoms with Gasteiger partial charge in [0.25, 0.3) is 11.7 Å². The maximum Gasteiger partial charge on any atom is 0.454 e. The van der Waals surface area contributed by atoms with Crippen molar-refractivity contribution in [2.45, 2.75) is 31.5 Å². The Labute approximate surface area is 246 Å². The fraction of sp³-hybridized carbons (Fsp3) is 0.303. The number of nitrogens with one attached hydrogen (secondary N) is 1. The summed E-state index contributed by atoms with van der Waals surface area (Å²) in [4.78, 5) is 35.6. The average Bonchev–Trinajstić information content (AvgIpc) is 3.56. The summed E-state index contributed by atoms with van der Waals surface area (Å²) in [6.45, 7) is 2.62. The molecule has 1 aliphatic rings. The monoisotopic (exact) mass is 587 g/mol. The molecule has 0 aliphatic carbocycles. The number of halogens is 3. The van der Waals surface area contributed by atoms with E-state index < -0.39 is 12.0 Å². The minimum absolute atomic E-state index is 0.000274. The van der Waals surface area contributed by atoms with Crippen LogP contribution in [0, 0.1) is 0 Å². The van der Waals surface area contributed by atoms with Crippen LogP contribution in [0.3, 0.4) is 0 Å². The first-order valence-electron chi connectivity index (χ1n) is 14.2. The molecule has 4 heterocycles. The van der Waals surface area contributed by atoms with Crippen LogP contribution in [0.25, 0.3) is 33.1 Å². The molecule has 0 bridgehead atoms. The Hall–Kier alpha value is -4.44. The number of alkyl halides is 3. The Bertz CT molecular complexity index is 1830. The molecule has 0 unspecified atom stereocenters. The Kier molecular flexibility index (Phi) is 7.33. The quantitative estimate of drug-likeness (QED) is 0.229. The normalized spacial score (nSPS) is 14.9. The maximum absolute atomic E-state index is 13.2. The zero-order chi connectivity index (χ0) is 30.5. The Balaban J connectivity index is 1.21. The van der Waals surface area contributed by atoms with Crippen LogP contribution in [0.4, 0.5) is 13.2 Å². The number of pyridine rings is 1. The van der Waals surface area contributed by atoms with E-state index in [4.69, 9.17) is 0 Å². The predicted molar refractivity (Wildman–Crippen MR) is 160 cm³/mol. The molecule has 222 valence electrons.